The van der Waals surface area contributed by atoms with Crippen LogP contribution in [-0.2, 0) is 11.3 Å². The van der Waals surface area contributed by atoms with Crippen LogP contribution in [0.15, 0.2) is 46.8 Å². The Kier molecular flexibility index (Phi) is 3.41. The summed E-state index contributed by atoms with van der Waals surface area (Å²) >= 11 is 1.31. The molecule has 0 spiro atoms. The lowest BCUT2D eigenvalue weighted by molar-refractivity contribution is -0.116. The van der Waals surface area contributed by atoms with Crippen LogP contribution in [0.1, 0.15) is 0 Å². The van der Waals surface area contributed by atoms with Crippen LogP contribution in [0.2, 0.25) is 0 Å². The Labute approximate surface area is 123 Å². The third kappa shape index (κ3) is 2.63. The zero-order valence-corrected chi connectivity index (χ0v) is 11.8. The molecule has 21 heavy (non-hydrogen) atoms. The molecule has 0 bridgehead atoms. The first-order chi connectivity index (χ1) is 10.1. The van der Waals surface area contributed by atoms with E-state index in [2.05, 4.69) is 10.3 Å². The second-order valence-corrected chi connectivity index (χ2v) is 5.36. The Bertz CT molecular complexity index is 869. The molecule has 2 aromatic heterocycles. The summed E-state index contributed by atoms with van der Waals surface area (Å²) in [6.45, 7) is -0.103. The number of amides is 1. The van der Waals surface area contributed by atoms with E-state index in [4.69, 9.17) is 5.73 Å². The molecular formula is C14H12N4O2S. The third-order valence-electron chi connectivity index (χ3n) is 2.98. The number of anilines is 2. The van der Waals surface area contributed by atoms with Crippen molar-refractivity contribution in [2.24, 2.45) is 0 Å². The number of benzene rings is 1. The van der Waals surface area contributed by atoms with Crippen molar-refractivity contribution in [3.8, 4) is 0 Å². The Morgan fingerprint density at radius 3 is 2.95 bits per heavy atom. The Balaban J connectivity index is 1.82. The number of fused-ring (bicyclic) bond motifs is 1. The zero-order chi connectivity index (χ0) is 14.8. The molecule has 3 rings (SSSR count). The summed E-state index contributed by atoms with van der Waals surface area (Å²) in [6.07, 6.45) is 1.38. The topological polar surface area (TPSA) is 90.0 Å². The minimum Gasteiger partial charge on any atom is -0.397 e. The highest BCUT2D eigenvalue weighted by Gasteiger charge is 2.10. The summed E-state index contributed by atoms with van der Waals surface area (Å²) in [5.41, 5.74) is 7.19. The molecule has 7 heteroatoms. The van der Waals surface area contributed by atoms with E-state index in [1.54, 1.807) is 35.7 Å². The van der Waals surface area contributed by atoms with Crippen molar-refractivity contribution in [1.82, 2.24) is 9.55 Å². The van der Waals surface area contributed by atoms with Crippen molar-refractivity contribution >= 4 is 38.8 Å². The number of nitrogens with two attached hydrogens (primary N) is 1. The monoisotopic (exact) mass is 300 g/mol. The lowest BCUT2D eigenvalue weighted by atomic mass is 10.2. The smallest absolute Gasteiger partial charge is 0.271 e. The first-order valence-corrected chi connectivity index (χ1v) is 7.10. The number of hydrogen-bond acceptors (Lipinski definition) is 5. The number of para-hydroxylation sites is 2. The Hall–Kier alpha value is -2.67. The van der Waals surface area contributed by atoms with Gasteiger partial charge in [0.1, 0.15) is 11.2 Å². The fourth-order valence-corrected chi connectivity index (χ4v) is 2.74. The van der Waals surface area contributed by atoms with E-state index in [0.717, 1.165) is 0 Å². The van der Waals surface area contributed by atoms with E-state index in [1.807, 2.05) is 0 Å². The molecule has 0 fully saturated rings. The van der Waals surface area contributed by atoms with Crippen molar-refractivity contribution in [1.29, 1.82) is 0 Å². The normalized spacial score (nSPS) is 10.7. The lowest BCUT2D eigenvalue weighted by Crippen LogP contribution is -2.27. The average Bonchev–Trinajstić information content (AvgIpc) is 2.94. The van der Waals surface area contributed by atoms with Crippen LogP contribution in [0.4, 0.5) is 11.4 Å². The van der Waals surface area contributed by atoms with Crippen LogP contribution < -0.4 is 16.6 Å². The van der Waals surface area contributed by atoms with Crippen LogP contribution in [0.3, 0.4) is 0 Å². The number of nitrogens with zero attached hydrogens (tertiary/aromatic N) is 2. The fourth-order valence-electron chi connectivity index (χ4n) is 1.95. The number of aromatic nitrogens is 2. The summed E-state index contributed by atoms with van der Waals surface area (Å²) in [4.78, 5) is 28.3. The molecule has 0 saturated heterocycles. The third-order valence-corrected chi connectivity index (χ3v) is 3.88. The quantitative estimate of drug-likeness (QED) is 0.720. The van der Waals surface area contributed by atoms with E-state index in [-0.39, 0.29) is 18.0 Å². The van der Waals surface area contributed by atoms with Crippen molar-refractivity contribution in [2.45, 2.75) is 6.54 Å². The Morgan fingerprint density at radius 1 is 1.33 bits per heavy atom. The molecular weight excluding hydrogens is 288 g/mol. The standard InChI is InChI=1S/C14H12N4O2S/c15-9-3-1-2-4-10(9)17-12(19)7-18-8-16-11-5-6-21-13(11)14(18)20/h1-6,8H,7,15H2,(H,17,19). The summed E-state index contributed by atoms with van der Waals surface area (Å²) in [5.74, 6) is -0.326. The highest BCUT2D eigenvalue weighted by molar-refractivity contribution is 7.17. The van der Waals surface area contributed by atoms with Gasteiger partial charge in [-0.2, -0.15) is 0 Å². The molecule has 0 aliphatic heterocycles. The second-order valence-electron chi connectivity index (χ2n) is 4.45. The molecule has 0 unspecified atom stereocenters. The van der Waals surface area contributed by atoms with Gasteiger partial charge in [0.25, 0.3) is 5.56 Å². The maximum absolute atomic E-state index is 12.2. The molecule has 1 aromatic carbocycles. The van der Waals surface area contributed by atoms with Gasteiger partial charge in [-0.1, -0.05) is 12.1 Å². The molecule has 1 amide bonds. The number of nitrogens with one attached hydrogen (secondary N) is 1. The van der Waals surface area contributed by atoms with E-state index in [1.165, 1.54) is 22.2 Å². The molecule has 106 valence electrons. The van der Waals surface area contributed by atoms with Crippen LogP contribution in [-0.4, -0.2) is 15.5 Å². The minimum absolute atomic E-state index is 0.103. The average molecular weight is 300 g/mol. The predicted octanol–water partition coefficient (Wildman–Crippen LogP) is 1.68. The highest BCUT2D eigenvalue weighted by atomic mass is 32.1. The number of carbonyl (C=O) groups excluding carboxylic acids is 1. The molecule has 3 aromatic rings. The van der Waals surface area contributed by atoms with Crippen molar-refractivity contribution in [2.75, 3.05) is 11.1 Å². The number of nitrogen functional groups attached to an aromatic ring is 1. The van der Waals surface area contributed by atoms with E-state index in [0.29, 0.717) is 21.6 Å². The summed E-state index contributed by atoms with van der Waals surface area (Å²) in [6, 6.07) is 8.73. The van der Waals surface area contributed by atoms with E-state index < -0.39 is 0 Å². The van der Waals surface area contributed by atoms with Gasteiger partial charge in [-0.3, -0.25) is 14.2 Å². The summed E-state index contributed by atoms with van der Waals surface area (Å²) in [7, 11) is 0. The first kappa shape index (κ1) is 13.3. The fraction of sp³-hybridized carbons (Fsp3) is 0.0714. The molecule has 2 heterocycles. The molecule has 0 radical (unpaired) electrons. The lowest BCUT2D eigenvalue weighted by Gasteiger charge is -2.09. The van der Waals surface area contributed by atoms with E-state index in [9.17, 15) is 9.59 Å². The largest absolute Gasteiger partial charge is 0.397 e. The van der Waals surface area contributed by atoms with Crippen LogP contribution in [0.25, 0.3) is 10.2 Å². The van der Waals surface area contributed by atoms with Gasteiger partial charge in [0.05, 0.1) is 23.2 Å². The molecule has 0 aliphatic carbocycles. The predicted molar refractivity (Wildman–Crippen MR) is 83.4 cm³/mol. The number of rotatable bonds is 3. The van der Waals surface area contributed by atoms with Gasteiger partial charge < -0.3 is 11.1 Å². The molecule has 3 N–H and O–H groups in total. The molecule has 6 nitrogen and oxygen atoms in total. The maximum atomic E-state index is 12.2. The highest BCUT2D eigenvalue weighted by Crippen LogP contribution is 2.16. The number of hydrogen-bond donors (Lipinski definition) is 2. The van der Waals surface area contributed by atoms with Crippen molar-refractivity contribution in [3.05, 3.63) is 52.4 Å². The van der Waals surface area contributed by atoms with Crippen molar-refractivity contribution in [3.63, 3.8) is 0 Å². The second kappa shape index (κ2) is 5.37. The first-order valence-electron chi connectivity index (χ1n) is 6.22. The van der Waals surface area contributed by atoms with Crippen LogP contribution in [0.5, 0.6) is 0 Å². The van der Waals surface area contributed by atoms with Gasteiger partial charge in [-0.25, -0.2) is 4.98 Å². The molecule has 0 saturated carbocycles. The van der Waals surface area contributed by atoms with Gasteiger partial charge >= 0.3 is 0 Å². The number of carbonyl (C=O) groups is 1. The van der Waals surface area contributed by atoms with Gasteiger partial charge in [-0.05, 0) is 23.6 Å². The zero-order valence-electron chi connectivity index (χ0n) is 10.9. The van der Waals surface area contributed by atoms with Crippen LogP contribution in [0, 0.1) is 0 Å². The summed E-state index contributed by atoms with van der Waals surface area (Å²) < 4.78 is 1.83. The van der Waals surface area contributed by atoms with Gasteiger partial charge in [0.2, 0.25) is 5.91 Å². The van der Waals surface area contributed by atoms with Gasteiger partial charge in [-0.15, -0.1) is 11.3 Å². The SMILES string of the molecule is Nc1ccccc1NC(=O)Cn1cnc2ccsc2c1=O. The maximum Gasteiger partial charge on any atom is 0.271 e. The van der Waals surface area contributed by atoms with E-state index >= 15 is 0 Å². The van der Waals surface area contributed by atoms with Gasteiger partial charge in [0.15, 0.2) is 0 Å². The molecule has 0 aliphatic rings. The number of thiophene rings is 1. The summed E-state index contributed by atoms with van der Waals surface area (Å²) in [5, 5.41) is 4.48. The molecule has 0 atom stereocenters. The van der Waals surface area contributed by atoms with Crippen molar-refractivity contribution < 1.29 is 4.79 Å². The minimum atomic E-state index is -0.326. The Morgan fingerprint density at radius 2 is 2.14 bits per heavy atom. The van der Waals surface area contributed by atoms with Crippen LogP contribution >= 0.6 is 11.3 Å². The van der Waals surface area contributed by atoms with Gasteiger partial charge in [0, 0.05) is 0 Å².